The first-order chi connectivity index (χ1) is 10.6. The van der Waals surface area contributed by atoms with Crippen molar-refractivity contribution >= 4 is 11.7 Å². The van der Waals surface area contributed by atoms with E-state index in [1.165, 1.54) is 24.3 Å². The number of ketones is 1. The summed E-state index contributed by atoms with van der Waals surface area (Å²) in [5, 5.41) is 2.48. The van der Waals surface area contributed by atoms with Crippen molar-refractivity contribution in [3.05, 3.63) is 65.5 Å². The van der Waals surface area contributed by atoms with Gasteiger partial charge in [0.05, 0.1) is 6.54 Å². The van der Waals surface area contributed by atoms with Crippen molar-refractivity contribution in [3.63, 3.8) is 0 Å². The highest BCUT2D eigenvalue weighted by Gasteiger charge is 2.09. The number of hydrogen-bond acceptors (Lipinski definition) is 3. The summed E-state index contributed by atoms with van der Waals surface area (Å²) in [5.41, 5.74) is 1.28. The first-order valence-electron chi connectivity index (χ1n) is 6.80. The molecule has 1 N–H and O–H groups in total. The number of hydrogen-bond donors (Lipinski definition) is 1. The molecule has 0 saturated carbocycles. The number of rotatable bonds is 6. The SMILES string of the molecule is Cc1ccccc1OCC(=O)NCC(=O)c1ccc(F)cc1. The Kier molecular flexibility index (Phi) is 5.25. The lowest BCUT2D eigenvalue weighted by atomic mass is 10.1. The number of benzene rings is 2. The molecular formula is C17H16FNO3. The molecule has 114 valence electrons. The van der Waals surface area contributed by atoms with Crippen molar-refractivity contribution in [3.8, 4) is 5.75 Å². The van der Waals surface area contributed by atoms with Gasteiger partial charge in [0, 0.05) is 5.56 Å². The zero-order chi connectivity index (χ0) is 15.9. The van der Waals surface area contributed by atoms with Gasteiger partial charge in [0.2, 0.25) is 0 Å². The Hall–Kier alpha value is -2.69. The number of aryl methyl sites for hydroxylation is 1. The van der Waals surface area contributed by atoms with Crippen LogP contribution in [-0.4, -0.2) is 24.8 Å². The zero-order valence-corrected chi connectivity index (χ0v) is 12.1. The Morgan fingerprint density at radius 1 is 1.09 bits per heavy atom. The molecule has 0 saturated heterocycles. The molecule has 0 bridgehead atoms. The van der Waals surface area contributed by atoms with Crippen LogP contribution in [0.15, 0.2) is 48.5 Å². The van der Waals surface area contributed by atoms with Gasteiger partial charge in [-0.15, -0.1) is 0 Å². The molecule has 0 atom stereocenters. The van der Waals surface area contributed by atoms with Crippen LogP contribution in [0.2, 0.25) is 0 Å². The highest BCUT2D eigenvalue weighted by Crippen LogP contribution is 2.15. The van der Waals surface area contributed by atoms with Crippen LogP contribution < -0.4 is 10.1 Å². The van der Waals surface area contributed by atoms with Crippen molar-refractivity contribution in [2.45, 2.75) is 6.92 Å². The van der Waals surface area contributed by atoms with Gasteiger partial charge in [0.25, 0.3) is 5.91 Å². The number of carbonyl (C=O) groups excluding carboxylic acids is 2. The van der Waals surface area contributed by atoms with Crippen LogP contribution in [0.4, 0.5) is 4.39 Å². The fourth-order valence-corrected chi connectivity index (χ4v) is 1.83. The number of halogens is 1. The van der Waals surface area contributed by atoms with Gasteiger partial charge in [-0.1, -0.05) is 18.2 Å². The molecule has 0 unspecified atom stereocenters. The standard InChI is InChI=1S/C17H16FNO3/c1-12-4-2-3-5-16(12)22-11-17(21)19-10-15(20)13-6-8-14(18)9-7-13/h2-9H,10-11H2,1H3,(H,19,21). The largest absolute Gasteiger partial charge is 0.484 e. The monoisotopic (exact) mass is 301 g/mol. The van der Waals surface area contributed by atoms with E-state index >= 15 is 0 Å². The van der Waals surface area contributed by atoms with Gasteiger partial charge in [-0.3, -0.25) is 9.59 Å². The zero-order valence-electron chi connectivity index (χ0n) is 12.1. The van der Waals surface area contributed by atoms with Crippen LogP contribution in [0, 0.1) is 12.7 Å². The Labute approximate surface area is 127 Å². The van der Waals surface area contributed by atoms with E-state index in [0.29, 0.717) is 11.3 Å². The highest BCUT2D eigenvalue weighted by atomic mass is 19.1. The van der Waals surface area contributed by atoms with Crippen LogP contribution in [-0.2, 0) is 4.79 Å². The average Bonchev–Trinajstić information content (AvgIpc) is 2.52. The minimum atomic E-state index is -0.410. The van der Waals surface area contributed by atoms with E-state index in [-0.39, 0.29) is 18.9 Å². The lowest BCUT2D eigenvalue weighted by molar-refractivity contribution is -0.122. The molecule has 0 aliphatic carbocycles. The minimum absolute atomic E-state index is 0.151. The third-order valence-corrected chi connectivity index (χ3v) is 3.06. The van der Waals surface area contributed by atoms with Crippen molar-refractivity contribution in [2.75, 3.05) is 13.2 Å². The van der Waals surface area contributed by atoms with Gasteiger partial charge in [-0.05, 0) is 42.8 Å². The van der Waals surface area contributed by atoms with E-state index in [1.54, 1.807) is 6.07 Å². The maximum absolute atomic E-state index is 12.8. The van der Waals surface area contributed by atoms with Crippen molar-refractivity contribution in [2.24, 2.45) is 0 Å². The molecule has 2 aromatic carbocycles. The Balaban J connectivity index is 1.79. The molecule has 5 heteroatoms. The van der Waals surface area contributed by atoms with Crippen molar-refractivity contribution in [1.29, 1.82) is 0 Å². The second-order valence-electron chi connectivity index (χ2n) is 4.76. The van der Waals surface area contributed by atoms with Gasteiger partial charge in [-0.2, -0.15) is 0 Å². The quantitative estimate of drug-likeness (QED) is 0.834. The lowest BCUT2D eigenvalue weighted by Gasteiger charge is -2.09. The molecule has 2 rings (SSSR count). The molecule has 0 radical (unpaired) electrons. The summed E-state index contributed by atoms with van der Waals surface area (Å²) < 4.78 is 18.1. The molecule has 22 heavy (non-hydrogen) atoms. The molecule has 0 heterocycles. The summed E-state index contributed by atoms with van der Waals surface area (Å²) >= 11 is 0. The Morgan fingerprint density at radius 3 is 2.45 bits per heavy atom. The van der Waals surface area contributed by atoms with Gasteiger partial charge < -0.3 is 10.1 Å². The van der Waals surface area contributed by atoms with E-state index in [2.05, 4.69) is 5.32 Å². The number of ether oxygens (including phenoxy) is 1. The fraction of sp³-hybridized carbons (Fsp3) is 0.176. The molecular weight excluding hydrogens is 285 g/mol. The summed E-state index contributed by atoms with van der Waals surface area (Å²) in [6.45, 7) is 1.56. The second kappa shape index (κ2) is 7.36. The predicted molar refractivity (Wildman–Crippen MR) is 80.4 cm³/mol. The van der Waals surface area contributed by atoms with Crippen LogP contribution in [0.3, 0.4) is 0 Å². The summed E-state index contributed by atoms with van der Waals surface area (Å²) in [6, 6.07) is 12.5. The number of Topliss-reactive ketones (excluding diaryl/α,β-unsaturated/α-hetero) is 1. The molecule has 0 spiro atoms. The van der Waals surface area contributed by atoms with E-state index in [9.17, 15) is 14.0 Å². The van der Waals surface area contributed by atoms with Crippen LogP contribution in [0.5, 0.6) is 5.75 Å². The topological polar surface area (TPSA) is 55.4 Å². The van der Waals surface area contributed by atoms with Gasteiger partial charge in [0.1, 0.15) is 11.6 Å². The first-order valence-corrected chi connectivity index (χ1v) is 6.80. The Bertz CT molecular complexity index is 668. The smallest absolute Gasteiger partial charge is 0.258 e. The third kappa shape index (κ3) is 4.41. The maximum atomic E-state index is 12.8. The molecule has 0 aliphatic rings. The molecule has 0 aliphatic heterocycles. The van der Waals surface area contributed by atoms with Gasteiger partial charge in [-0.25, -0.2) is 4.39 Å². The van der Waals surface area contributed by atoms with Crippen LogP contribution >= 0.6 is 0 Å². The predicted octanol–water partition coefficient (Wildman–Crippen LogP) is 2.51. The number of para-hydroxylation sites is 1. The highest BCUT2D eigenvalue weighted by molar-refractivity contribution is 5.99. The van der Waals surface area contributed by atoms with Gasteiger partial charge in [0.15, 0.2) is 12.4 Å². The molecule has 2 aromatic rings. The normalized spacial score (nSPS) is 10.1. The maximum Gasteiger partial charge on any atom is 0.258 e. The van der Waals surface area contributed by atoms with E-state index in [1.807, 2.05) is 25.1 Å². The van der Waals surface area contributed by atoms with Crippen LogP contribution in [0.25, 0.3) is 0 Å². The summed E-state index contributed by atoms with van der Waals surface area (Å²) in [4.78, 5) is 23.5. The third-order valence-electron chi connectivity index (χ3n) is 3.06. The second-order valence-corrected chi connectivity index (χ2v) is 4.76. The summed E-state index contributed by atoms with van der Waals surface area (Å²) in [7, 11) is 0. The molecule has 1 amide bonds. The van der Waals surface area contributed by atoms with E-state index < -0.39 is 11.7 Å². The number of nitrogens with one attached hydrogen (secondary N) is 1. The fourth-order valence-electron chi connectivity index (χ4n) is 1.83. The summed E-state index contributed by atoms with van der Waals surface area (Å²) in [6.07, 6.45) is 0. The van der Waals surface area contributed by atoms with Crippen molar-refractivity contribution < 1.29 is 18.7 Å². The number of carbonyl (C=O) groups is 2. The molecule has 4 nitrogen and oxygen atoms in total. The minimum Gasteiger partial charge on any atom is -0.484 e. The van der Waals surface area contributed by atoms with E-state index in [0.717, 1.165) is 5.56 Å². The van der Waals surface area contributed by atoms with E-state index in [4.69, 9.17) is 4.74 Å². The number of amides is 1. The molecule has 0 aromatic heterocycles. The molecule has 0 fully saturated rings. The Morgan fingerprint density at radius 2 is 1.77 bits per heavy atom. The van der Waals surface area contributed by atoms with Crippen molar-refractivity contribution in [1.82, 2.24) is 5.32 Å². The summed E-state index contributed by atoms with van der Waals surface area (Å²) in [5.74, 6) is -0.460. The van der Waals surface area contributed by atoms with Gasteiger partial charge >= 0.3 is 0 Å². The van der Waals surface area contributed by atoms with Crippen LogP contribution in [0.1, 0.15) is 15.9 Å². The first kappa shape index (κ1) is 15.7. The average molecular weight is 301 g/mol. The lowest BCUT2D eigenvalue weighted by Crippen LogP contribution is -2.33.